The van der Waals surface area contributed by atoms with Crippen LogP contribution in [0, 0.1) is 10.8 Å². The van der Waals surface area contributed by atoms with Crippen molar-refractivity contribution in [3.8, 4) is 0 Å². The minimum absolute atomic E-state index is 0.198. The average molecular weight is 247 g/mol. The van der Waals surface area contributed by atoms with Crippen LogP contribution in [-0.2, 0) is 17.6 Å². The molecule has 0 spiro atoms. The van der Waals surface area contributed by atoms with Gasteiger partial charge in [-0.15, -0.1) is 0 Å². The molecule has 2 nitrogen and oxygen atoms in total. The molecule has 0 aliphatic heterocycles. The van der Waals surface area contributed by atoms with Gasteiger partial charge >= 0.3 is 0 Å². The first-order valence-corrected chi connectivity index (χ1v) is 6.56. The summed E-state index contributed by atoms with van der Waals surface area (Å²) in [7, 11) is 0. The van der Waals surface area contributed by atoms with Crippen molar-refractivity contribution in [2.75, 3.05) is 0 Å². The number of hydrogen-bond acceptors (Lipinski definition) is 2. The van der Waals surface area contributed by atoms with Crippen molar-refractivity contribution in [1.82, 2.24) is 4.98 Å². The Kier molecular flexibility index (Phi) is 4.31. The first kappa shape index (κ1) is 14.9. The Hall–Kier alpha value is -1.18. The van der Waals surface area contributed by atoms with Gasteiger partial charge in [0.2, 0.25) is 0 Å². The Morgan fingerprint density at radius 3 is 2.33 bits per heavy atom. The van der Waals surface area contributed by atoms with Crippen LogP contribution in [0.25, 0.3) is 0 Å². The topological polar surface area (TPSA) is 30.0 Å². The molecular formula is C16H25NO. The smallest absolute Gasteiger partial charge is 0.144 e. The largest absolute Gasteiger partial charge is 0.299 e. The normalized spacial score (nSPS) is 17.6. The Bertz CT molecular complexity index is 421. The quantitative estimate of drug-likeness (QED) is 0.697. The first-order valence-electron chi connectivity index (χ1n) is 6.56. The third-order valence-corrected chi connectivity index (χ3v) is 2.70. The van der Waals surface area contributed by atoms with E-state index in [9.17, 15) is 4.79 Å². The van der Waals surface area contributed by atoms with Gasteiger partial charge in [-0.05, 0) is 23.5 Å². The highest BCUT2D eigenvalue weighted by atomic mass is 16.1. The molecule has 2 heteroatoms. The summed E-state index contributed by atoms with van der Waals surface area (Å²) < 4.78 is 0. The molecule has 0 amide bonds. The lowest BCUT2D eigenvalue weighted by molar-refractivity contribution is -0.127. The second-order valence-electron chi connectivity index (χ2n) is 7.27. The summed E-state index contributed by atoms with van der Waals surface area (Å²) in [6.07, 6.45) is 3.09. The molecule has 0 saturated carbocycles. The average Bonchev–Trinajstić information content (AvgIpc) is 2.16. The van der Waals surface area contributed by atoms with E-state index >= 15 is 0 Å². The highest BCUT2D eigenvalue weighted by Crippen LogP contribution is 2.30. The summed E-state index contributed by atoms with van der Waals surface area (Å²) in [5.41, 5.74) is 2.50. The molecule has 18 heavy (non-hydrogen) atoms. The molecule has 0 atom stereocenters. The Balaban J connectivity index is 0.000000280. The summed E-state index contributed by atoms with van der Waals surface area (Å²) in [5, 5.41) is 0. The van der Waals surface area contributed by atoms with Gasteiger partial charge in [0.1, 0.15) is 5.78 Å². The molecular weight excluding hydrogens is 222 g/mol. The molecule has 2 rings (SSSR count). The molecule has 0 bridgehead atoms. The zero-order valence-electron chi connectivity index (χ0n) is 12.5. The number of Topliss-reactive ketones (excluding diaryl/α,β-unsaturated/α-hetero) is 1. The number of carbonyl (C=O) groups is 1. The molecule has 1 heterocycles. The first-order chi connectivity index (χ1) is 8.09. The lowest BCUT2D eigenvalue weighted by atomic mass is 9.75. The zero-order valence-corrected chi connectivity index (χ0v) is 12.5. The van der Waals surface area contributed by atoms with Crippen LogP contribution in [0.5, 0.6) is 0 Å². The molecule has 0 fully saturated rings. The minimum atomic E-state index is -0.198. The number of pyridine rings is 1. The van der Waals surface area contributed by atoms with Crippen LogP contribution in [-0.4, -0.2) is 10.8 Å². The number of fused-ring (bicyclic) bond motifs is 1. The summed E-state index contributed by atoms with van der Waals surface area (Å²) in [4.78, 5) is 15.9. The maximum atomic E-state index is 11.6. The lowest BCUT2D eigenvalue weighted by Crippen LogP contribution is -2.33. The van der Waals surface area contributed by atoms with Gasteiger partial charge in [-0.3, -0.25) is 9.78 Å². The third-order valence-electron chi connectivity index (χ3n) is 2.70. The van der Waals surface area contributed by atoms with Crippen LogP contribution < -0.4 is 0 Å². The van der Waals surface area contributed by atoms with Gasteiger partial charge < -0.3 is 0 Å². The van der Waals surface area contributed by atoms with E-state index in [0.29, 0.717) is 17.6 Å². The van der Waals surface area contributed by atoms with Gasteiger partial charge in [0.25, 0.3) is 0 Å². The van der Waals surface area contributed by atoms with Crippen molar-refractivity contribution in [3.05, 3.63) is 29.6 Å². The van der Waals surface area contributed by atoms with E-state index in [4.69, 9.17) is 0 Å². The van der Waals surface area contributed by atoms with E-state index in [2.05, 4.69) is 38.7 Å². The molecule has 1 aromatic heterocycles. The second kappa shape index (κ2) is 5.21. The highest BCUT2D eigenvalue weighted by Gasteiger charge is 2.33. The van der Waals surface area contributed by atoms with E-state index in [1.54, 1.807) is 6.20 Å². The zero-order chi connectivity index (χ0) is 14.0. The maximum absolute atomic E-state index is 11.6. The van der Waals surface area contributed by atoms with Crippen LogP contribution in [0.15, 0.2) is 18.3 Å². The van der Waals surface area contributed by atoms with E-state index < -0.39 is 0 Å². The molecule has 0 aromatic carbocycles. The molecule has 0 N–H and O–H groups in total. The summed E-state index contributed by atoms with van der Waals surface area (Å²) >= 11 is 0. The fourth-order valence-electron chi connectivity index (χ4n) is 1.76. The predicted octanol–water partition coefficient (Wildman–Crippen LogP) is 3.83. The van der Waals surface area contributed by atoms with Crippen molar-refractivity contribution in [1.29, 1.82) is 0 Å². The number of nitrogens with zero attached hydrogens (tertiary/aromatic N) is 1. The standard InChI is InChI=1S/C11H13NO.C5H12/c1-11(2)7-8-4-3-5-12-9(8)6-10(11)13;1-5(2,3)4/h3-5H,6-7H2,1-2H3;1-4H3. The number of carbonyl (C=O) groups excluding carboxylic acids is 1. The monoisotopic (exact) mass is 247 g/mol. The van der Waals surface area contributed by atoms with Crippen LogP contribution in [0.2, 0.25) is 0 Å². The van der Waals surface area contributed by atoms with Gasteiger partial charge in [-0.1, -0.05) is 47.6 Å². The molecule has 100 valence electrons. The van der Waals surface area contributed by atoms with Crippen molar-refractivity contribution in [2.45, 2.75) is 54.4 Å². The minimum Gasteiger partial charge on any atom is -0.299 e. The fraction of sp³-hybridized carbons (Fsp3) is 0.625. The number of aromatic nitrogens is 1. The van der Waals surface area contributed by atoms with Gasteiger partial charge in [-0.25, -0.2) is 0 Å². The molecule has 0 unspecified atom stereocenters. The van der Waals surface area contributed by atoms with Crippen molar-refractivity contribution in [2.24, 2.45) is 10.8 Å². The van der Waals surface area contributed by atoms with Crippen molar-refractivity contribution in [3.63, 3.8) is 0 Å². The van der Waals surface area contributed by atoms with Gasteiger partial charge in [0, 0.05) is 18.0 Å². The fourth-order valence-corrected chi connectivity index (χ4v) is 1.76. The third kappa shape index (κ3) is 4.59. The summed E-state index contributed by atoms with van der Waals surface area (Å²) in [6.45, 7) is 12.8. The maximum Gasteiger partial charge on any atom is 0.144 e. The Labute approximate surface area is 111 Å². The SMILES string of the molecule is CC(C)(C)C.CC1(C)Cc2cccnc2CC1=O. The molecule has 0 saturated heterocycles. The van der Waals surface area contributed by atoms with E-state index in [-0.39, 0.29) is 5.41 Å². The molecule has 1 aromatic rings. The van der Waals surface area contributed by atoms with Crippen LogP contribution in [0.1, 0.15) is 52.8 Å². The molecule has 1 aliphatic carbocycles. The number of rotatable bonds is 0. The van der Waals surface area contributed by atoms with Crippen molar-refractivity contribution < 1.29 is 4.79 Å². The molecule has 1 aliphatic rings. The van der Waals surface area contributed by atoms with Crippen LogP contribution in [0.3, 0.4) is 0 Å². The number of ketones is 1. The summed E-state index contributed by atoms with van der Waals surface area (Å²) in [6, 6.07) is 4.00. The summed E-state index contributed by atoms with van der Waals surface area (Å²) in [5.74, 6) is 0.304. The van der Waals surface area contributed by atoms with E-state index in [1.165, 1.54) is 5.56 Å². The van der Waals surface area contributed by atoms with Crippen LogP contribution >= 0.6 is 0 Å². The van der Waals surface area contributed by atoms with E-state index in [1.807, 2.05) is 19.9 Å². The van der Waals surface area contributed by atoms with Crippen molar-refractivity contribution >= 4 is 5.78 Å². The lowest BCUT2D eigenvalue weighted by Gasteiger charge is -2.28. The Morgan fingerprint density at radius 1 is 1.22 bits per heavy atom. The second-order valence-corrected chi connectivity index (χ2v) is 7.27. The van der Waals surface area contributed by atoms with Gasteiger partial charge in [0.05, 0.1) is 5.69 Å². The van der Waals surface area contributed by atoms with Gasteiger partial charge in [-0.2, -0.15) is 0 Å². The van der Waals surface area contributed by atoms with Crippen LogP contribution in [0.4, 0.5) is 0 Å². The molecule has 0 radical (unpaired) electrons. The predicted molar refractivity (Wildman–Crippen MR) is 75.6 cm³/mol. The highest BCUT2D eigenvalue weighted by molar-refractivity contribution is 5.87. The Morgan fingerprint density at radius 2 is 1.78 bits per heavy atom. The van der Waals surface area contributed by atoms with Gasteiger partial charge in [0.15, 0.2) is 0 Å². The number of hydrogen-bond donors (Lipinski definition) is 0. The van der Waals surface area contributed by atoms with E-state index in [0.717, 1.165) is 12.1 Å².